The van der Waals surface area contributed by atoms with Crippen LogP contribution in [-0.2, 0) is 13.5 Å². The minimum absolute atomic E-state index is 0.665. The molecule has 17 heavy (non-hydrogen) atoms. The number of hydrogen-bond donors (Lipinski definition) is 1. The van der Waals surface area contributed by atoms with Crippen molar-refractivity contribution in [3.63, 3.8) is 0 Å². The molecule has 2 rings (SSSR count). The van der Waals surface area contributed by atoms with Crippen LogP contribution in [0, 0.1) is 0 Å². The molecule has 1 saturated heterocycles. The number of imidazole rings is 1. The zero-order valence-electron chi connectivity index (χ0n) is 11.2. The highest BCUT2D eigenvalue weighted by molar-refractivity contribution is 4.92. The summed E-state index contributed by atoms with van der Waals surface area (Å²) in [5, 5.41) is 3.64. The van der Waals surface area contributed by atoms with E-state index in [4.69, 9.17) is 0 Å². The monoisotopic (exact) mass is 236 g/mol. The van der Waals surface area contributed by atoms with E-state index in [0.717, 1.165) is 18.8 Å². The van der Waals surface area contributed by atoms with Crippen molar-refractivity contribution in [3.05, 3.63) is 18.2 Å². The highest BCUT2D eigenvalue weighted by atomic mass is 15.2. The van der Waals surface area contributed by atoms with E-state index in [2.05, 4.69) is 40.7 Å². The van der Waals surface area contributed by atoms with E-state index in [1.165, 1.54) is 19.5 Å². The van der Waals surface area contributed by atoms with E-state index in [0.29, 0.717) is 12.1 Å². The summed E-state index contributed by atoms with van der Waals surface area (Å²) in [6.45, 7) is 8.00. The molecule has 0 radical (unpaired) electrons. The van der Waals surface area contributed by atoms with Crippen LogP contribution < -0.4 is 5.32 Å². The van der Waals surface area contributed by atoms with Gasteiger partial charge < -0.3 is 9.88 Å². The molecule has 1 unspecified atom stereocenters. The molecule has 1 fully saturated rings. The Labute approximate surface area is 104 Å². The fourth-order valence-electron chi connectivity index (χ4n) is 2.45. The van der Waals surface area contributed by atoms with Gasteiger partial charge in [-0.15, -0.1) is 0 Å². The number of nitrogens with one attached hydrogen (secondary N) is 1. The third kappa shape index (κ3) is 3.30. The Balaban J connectivity index is 1.68. The second-order valence-electron chi connectivity index (χ2n) is 5.23. The Hall–Kier alpha value is -0.870. The Bertz CT molecular complexity index is 345. The van der Waals surface area contributed by atoms with Gasteiger partial charge in [-0.1, -0.05) is 0 Å². The summed E-state index contributed by atoms with van der Waals surface area (Å²) in [4.78, 5) is 6.88. The van der Waals surface area contributed by atoms with Gasteiger partial charge in [-0.25, -0.2) is 4.98 Å². The molecule has 0 aromatic carbocycles. The van der Waals surface area contributed by atoms with Gasteiger partial charge in [0.15, 0.2) is 0 Å². The molecular weight excluding hydrogens is 212 g/mol. The molecule has 1 aliphatic heterocycles. The third-order valence-corrected chi connectivity index (χ3v) is 3.65. The van der Waals surface area contributed by atoms with Gasteiger partial charge in [-0.05, 0) is 26.8 Å². The van der Waals surface area contributed by atoms with Crippen LogP contribution in [0.25, 0.3) is 0 Å². The standard InChI is InChI=1S/C13H24N4/c1-11(2)17-8-5-12(10-17)14-6-4-13-15-7-9-16(13)3/h7,9,11-12,14H,4-6,8,10H2,1-3H3. The Morgan fingerprint density at radius 1 is 1.53 bits per heavy atom. The lowest BCUT2D eigenvalue weighted by Crippen LogP contribution is -2.36. The van der Waals surface area contributed by atoms with Gasteiger partial charge in [0.05, 0.1) is 0 Å². The lowest BCUT2D eigenvalue weighted by molar-refractivity contribution is 0.268. The van der Waals surface area contributed by atoms with Crippen molar-refractivity contribution in [1.82, 2.24) is 19.8 Å². The smallest absolute Gasteiger partial charge is 0.109 e. The van der Waals surface area contributed by atoms with Gasteiger partial charge >= 0.3 is 0 Å². The summed E-state index contributed by atoms with van der Waals surface area (Å²) >= 11 is 0. The summed E-state index contributed by atoms with van der Waals surface area (Å²) in [6.07, 6.45) is 6.16. The molecule has 4 nitrogen and oxygen atoms in total. The molecule has 0 bridgehead atoms. The van der Waals surface area contributed by atoms with Crippen LogP contribution in [0.5, 0.6) is 0 Å². The van der Waals surface area contributed by atoms with Crippen molar-refractivity contribution in [2.45, 2.75) is 38.8 Å². The van der Waals surface area contributed by atoms with Crippen LogP contribution >= 0.6 is 0 Å². The van der Waals surface area contributed by atoms with Gasteiger partial charge in [-0.3, -0.25) is 4.90 Å². The van der Waals surface area contributed by atoms with Crippen LogP contribution in [0.1, 0.15) is 26.1 Å². The van der Waals surface area contributed by atoms with Crippen molar-refractivity contribution in [2.75, 3.05) is 19.6 Å². The predicted octanol–water partition coefficient (Wildman–Crippen LogP) is 1.03. The molecule has 1 aromatic rings. The molecule has 1 atom stereocenters. The van der Waals surface area contributed by atoms with Crippen LogP contribution in [-0.4, -0.2) is 46.2 Å². The van der Waals surface area contributed by atoms with Gasteiger partial charge in [-0.2, -0.15) is 0 Å². The van der Waals surface area contributed by atoms with Crippen molar-refractivity contribution >= 4 is 0 Å². The first-order valence-electron chi connectivity index (χ1n) is 6.60. The van der Waals surface area contributed by atoms with E-state index in [1.54, 1.807) is 0 Å². The van der Waals surface area contributed by atoms with Crippen molar-refractivity contribution < 1.29 is 0 Å². The first kappa shape index (κ1) is 12.6. The average molecular weight is 236 g/mol. The molecule has 0 saturated carbocycles. The first-order valence-corrected chi connectivity index (χ1v) is 6.60. The minimum atomic E-state index is 0.665. The number of aromatic nitrogens is 2. The molecule has 4 heteroatoms. The summed E-state index contributed by atoms with van der Waals surface area (Å²) in [5.74, 6) is 1.16. The molecule has 0 aliphatic carbocycles. The summed E-state index contributed by atoms with van der Waals surface area (Å²) in [5.41, 5.74) is 0. The lowest BCUT2D eigenvalue weighted by atomic mass is 10.2. The molecular formula is C13H24N4. The molecule has 1 aliphatic rings. The second kappa shape index (κ2) is 5.65. The Morgan fingerprint density at radius 3 is 2.94 bits per heavy atom. The van der Waals surface area contributed by atoms with Crippen LogP contribution in [0.4, 0.5) is 0 Å². The minimum Gasteiger partial charge on any atom is -0.338 e. The van der Waals surface area contributed by atoms with Gasteiger partial charge in [0, 0.05) is 51.0 Å². The largest absolute Gasteiger partial charge is 0.338 e. The van der Waals surface area contributed by atoms with Crippen LogP contribution in [0.3, 0.4) is 0 Å². The fourth-order valence-corrected chi connectivity index (χ4v) is 2.45. The van der Waals surface area contributed by atoms with E-state index in [1.807, 2.05) is 12.4 Å². The highest BCUT2D eigenvalue weighted by Crippen LogP contribution is 2.12. The van der Waals surface area contributed by atoms with Crippen molar-refractivity contribution in [3.8, 4) is 0 Å². The van der Waals surface area contributed by atoms with Crippen LogP contribution in [0.15, 0.2) is 12.4 Å². The molecule has 96 valence electrons. The predicted molar refractivity (Wildman–Crippen MR) is 70.0 cm³/mol. The molecule has 0 amide bonds. The van der Waals surface area contributed by atoms with Crippen molar-refractivity contribution in [1.29, 1.82) is 0 Å². The first-order chi connectivity index (χ1) is 8.16. The second-order valence-corrected chi connectivity index (χ2v) is 5.23. The number of aryl methyl sites for hydroxylation is 1. The highest BCUT2D eigenvalue weighted by Gasteiger charge is 2.23. The number of hydrogen-bond acceptors (Lipinski definition) is 3. The van der Waals surface area contributed by atoms with Gasteiger partial charge in [0.25, 0.3) is 0 Å². The molecule has 1 aromatic heterocycles. The summed E-state index contributed by atoms with van der Waals surface area (Å²) < 4.78 is 2.09. The maximum absolute atomic E-state index is 4.34. The average Bonchev–Trinajstić information content (AvgIpc) is 2.89. The maximum Gasteiger partial charge on any atom is 0.109 e. The molecule has 2 heterocycles. The van der Waals surface area contributed by atoms with Crippen LogP contribution in [0.2, 0.25) is 0 Å². The molecule has 0 spiro atoms. The summed E-state index contributed by atoms with van der Waals surface area (Å²) in [6, 6.07) is 1.34. The zero-order valence-corrected chi connectivity index (χ0v) is 11.2. The third-order valence-electron chi connectivity index (χ3n) is 3.65. The normalized spacial score (nSPS) is 21.5. The van der Waals surface area contributed by atoms with E-state index in [9.17, 15) is 0 Å². The summed E-state index contributed by atoms with van der Waals surface area (Å²) in [7, 11) is 2.05. The number of likely N-dealkylation sites (tertiary alicyclic amines) is 1. The Morgan fingerprint density at radius 2 is 2.35 bits per heavy atom. The SMILES string of the molecule is CC(C)N1CCC(NCCc2nccn2C)C1. The lowest BCUT2D eigenvalue weighted by Gasteiger charge is -2.20. The van der Waals surface area contributed by atoms with Gasteiger partial charge in [0.2, 0.25) is 0 Å². The van der Waals surface area contributed by atoms with E-state index < -0.39 is 0 Å². The number of rotatable bonds is 5. The molecule has 1 N–H and O–H groups in total. The Kier molecular flexibility index (Phi) is 4.18. The quantitative estimate of drug-likeness (QED) is 0.829. The van der Waals surface area contributed by atoms with E-state index >= 15 is 0 Å². The maximum atomic E-state index is 4.34. The van der Waals surface area contributed by atoms with E-state index in [-0.39, 0.29) is 0 Å². The van der Waals surface area contributed by atoms with Crippen molar-refractivity contribution in [2.24, 2.45) is 7.05 Å². The fraction of sp³-hybridized carbons (Fsp3) is 0.769. The topological polar surface area (TPSA) is 33.1 Å². The zero-order chi connectivity index (χ0) is 12.3. The number of nitrogens with zero attached hydrogens (tertiary/aromatic N) is 3. The van der Waals surface area contributed by atoms with Gasteiger partial charge in [0.1, 0.15) is 5.82 Å².